The molecule has 1 aromatic heterocycles. The summed E-state index contributed by atoms with van der Waals surface area (Å²) in [7, 11) is 0. The lowest BCUT2D eigenvalue weighted by molar-refractivity contribution is -0.122. The Hall–Kier alpha value is -2.25. The Morgan fingerprint density at radius 3 is 2.64 bits per heavy atom. The summed E-state index contributed by atoms with van der Waals surface area (Å²) in [6.07, 6.45) is 0. The quantitative estimate of drug-likeness (QED) is 0.635. The minimum atomic E-state index is -0.272. The maximum Gasteiger partial charge on any atom is 0.262 e. The summed E-state index contributed by atoms with van der Waals surface area (Å²) in [6, 6.07) is 14.6. The fourth-order valence-electron chi connectivity index (χ4n) is 2.61. The number of hydrogen-bond donors (Lipinski definition) is 2. The van der Waals surface area contributed by atoms with E-state index in [1.54, 1.807) is 18.2 Å². The first kappa shape index (κ1) is 17.6. The first-order valence-electron chi connectivity index (χ1n) is 7.72. The zero-order chi connectivity index (χ0) is 18.0. The number of aromatic amines is 1. The van der Waals surface area contributed by atoms with Gasteiger partial charge in [0.25, 0.3) is 5.56 Å². The average Bonchev–Trinajstić information content (AvgIpc) is 2.59. The Kier molecular flexibility index (Phi) is 5.15. The van der Waals surface area contributed by atoms with Gasteiger partial charge in [-0.1, -0.05) is 40.2 Å². The molecule has 1 atom stereocenters. The van der Waals surface area contributed by atoms with Crippen LogP contribution in [-0.4, -0.2) is 15.5 Å². The lowest BCUT2D eigenvalue weighted by atomic mass is 10.1. The van der Waals surface area contributed by atoms with E-state index in [2.05, 4.69) is 26.2 Å². The molecule has 1 heterocycles. The smallest absolute Gasteiger partial charge is 0.262 e. The summed E-state index contributed by atoms with van der Waals surface area (Å²) >= 11 is 8.61. The number of hydrogen-bond acceptors (Lipinski definition) is 3. The van der Waals surface area contributed by atoms with Gasteiger partial charge in [0.1, 0.15) is 6.54 Å². The van der Waals surface area contributed by atoms with Gasteiger partial charge in [-0.25, -0.2) is 0 Å². The molecule has 2 aromatic carbocycles. The second-order valence-electron chi connectivity index (χ2n) is 5.71. The highest BCUT2D eigenvalue weighted by atomic mass is 79.9. The SMILES string of the molecule is CC(NC(=O)Cn1c(=S)[nH]c2ccccc2c1=O)c1ccc(Br)cc1. The van der Waals surface area contributed by atoms with Crippen LogP contribution in [0.15, 0.2) is 57.8 Å². The maximum atomic E-state index is 12.6. The number of carbonyl (C=O) groups excluding carboxylic acids is 1. The number of aromatic nitrogens is 2. The number of benzene rings is 2. The van der Waals surface area contributed by atoms with Crippen molar-refractivity contribution < 1.29 is 4.79 Å². The first-order chi connectivity index (χ1) is 12.0. The number of nitrogens with one attached hydrogen (secondary N) is 2. The van der Waals surface area contributed by atoms with Gasteiger partial charge in [0.05, 0.1) is 16.9 Å². The zero-order valence-electron chi connectivity index (χ0n) is 13.5. The number of H-pyrrole nitrogens is 1. The Labute approximate surface area is 157 Å². The van der Waals surface area contributed by atoms with Crippen molar-refractivity contribution in [3.63, 3.8) is 0 Å². The van der Waals surface area contributed by atoms with E-state index in [0.29, 0.717) is 10.9 Å². The number of carbonyl (C=O) groups is 1. The monoisotopic (exact) mass is 417 g/mol. The molecule has 3 aromatic rings. The molecule has 7 heteroatoms. The summed E-state index contributed by atoms with van der Waals surface area (Å²) in [5.74, 6) is -0.271. The summed E-state index contributed by atoms with van der Waals surface area (Å²) < 4.78 is 2.49. The fraction of sp³-hybridized carbons (Fsp3) is 0.167. The molecule has 0 radical (unpaired) electrons. The third-order valence-electron chi connectivity index (χ3n) is 3.94. The van der Waals surface area contributed by atoms with Crippen molar-refractivity contribution in [1.82, 2.24) is 14.9 Å². The molecule has 0 spiro atoms. The molecule has 0 aliphatic rings. The van der Waals surface area contributed by atoms with E-state index in [-0.39, 0.29) is 28.8 Å². The van der Waals surface area contributed by atoms with Crippen LogP contribution in [0.5, 0.6) is 0 Å². The fourth-order valence-corrected chi connectivity index (χ4v) is 3.13. The van der Waals surface area contributed by atoms with Crippen LogP contribution in [0.1, 0.15) is 18.5 Å². The molecule has 0 aliphatic heterocycles. The Bertz CT molecular complexity index is 1040. The molecule has 0 bridgehead atoms. The van der Waals surface area contributed by atoms with Crippen LogP contribution in [0, 0.1) is 4.77 Å². The van der Waals surface area contributed by atoms with Crippen LogP contribution in [0.2, 0.25) is 0 Å². The van der Waals surface area contributed by atoms with Crippen LogP contribution in [0.3, 0.4) is 0 Å². The van der Waals surface area contributed by atoms with Crippen LogP contribution in [0.25, 0.3) is 10.9 Å². The van der Waals surface area contributed by atoms with E-state index < -0.39 is 0 Å². The van der Waals surface area contributed by atoms with E-state index in [1.807, 2.05) is 37.3 Å². The summed E-state index contributed by atoms with van der Waals surface area (Å²) in [5, 5.41) is 3.40. The van der Waals surface area contributed by atoms with Gasteiger partial charge in [0.15, 0.2) is 4.77 Å². The van der Waals surface area contributed by atoms with Gasteiger partial charge < -0.3 is 10.3 Å². The second kappa shape index (κ2) is 7.33. The van der Waals surface area contributed by atoms with E-state index in [4.69, 9.17) is 12.2 Å². The van der Waals surface area contributed by atoms with Crippen molar-refractivity contribution in [3.05, 3.63) is 73.7 Å². The van der Waals surface area contributed by atoms with Crippen molar-refractivity contribution in [2.24, 2.45) is 0 Å². The average molecular weight is 418 g/mol. The van der Waals surface area contributed by atoms with Crippen LogP contribution in [-0.2, 0) is 11.3 Å². The lowest BCUT2D eigenvalue weighted by Crippen LogP contribution is -2.34. The van der Waals surface area contributed by atoms with Crippen molar-refractivity contribution >= 4 is 45.0 Å². The number of rotatable bonds is 4. The summed E-state index contributed by atoms with van der Waals surface area (Å²) in [4.78, 5) is 27.9. The first-order valence-corrected chi connectivity index (χ1v) is 8.92. The number of fused-ring (bicyclic) bond motifs is 1. The molecule has 2 N–H and O–H groups in total. The lowest BCUT2D eigenvalue weighted by Gasteiger charge is -2.15. The molecule has 1 amide bonds. The predicted octanol–water partition coefficient (Wildman–Crippen LogP) is 3.70. The standard InChI is InChI=1S/C18H16BrN3O2S/c1-11(12-6-8-13(19)9-7-12)20-16(23)10-22-17(24)14-4-2-3-5-15(14)21-18(22)25/h2-9,11H,10H2,1H3,(H,20,23)(H,21,25). The normalized spacial score (nSPS) is 12.1. The highest BCUT2D eigenvalue weighted by Crippen LogP contribution is 2.16. The highest BCUT2D eigenvalue weighted by molar-refractivity contribution is 9.10. The predicted molar refractivity (Wildman–Crippen MR) is 104 cm³/mol. The highest BCUT2D eigenvalue weighted by Gasteiger charge is 2.13. The Morgan fingerprint density at radius 2 is 1.92 bits per heavy atom. The molecular formula is C18H16BrN3O2S. The Balaban J connectivity index is 1.81. The van der Waals surface area contributed by atoms with Gasteiger partial charge in [-0.05, 0) is 49.0 Å². The third kappa shape index (κ3) is 3.88. The van der Waals surface area contributed by atoms with Gasteiger partial charge >= 0.3 is 0 Å². The number of halogens is 1. The number of amides is 1. The third-order valence-corrected chi connectivity index (χ3v) is 4.79. The molecule has 3 rings (SSSR count). The van der Waals surface area contributed by atoms with E-state index in [1.165, 1.54) is 4.57 Å². The molecule has 1 unspecified atom stereocenters. The molecule has 128 valence electrons. The minimum Gasteiger partial charge on any atom is -0.348 e. The summed E-state index contributed by atoms with van der Waals surface area (Å²) in [6.45, 7) is 1.77. The van der Waals surface area contributed by atoms with E-state index >= 15 is 0 Å². The second-order valence-corrected chi connectivity index (χ2v) is 7.01. The van der Waals surface area contributed by atoms with Gasteiger partial charge in [-0.15, -0.1) is 0 Å². The number of nitrogens with zero attached hydrogens (tertiary/aromatic N) is 1. The van der Waals surface area contributed by atoms with E-state index in [9.17, 15) is 9.59 Å². The molecule has 0 aliphatic carbocycles. The van der Waals surface area contributed by atoms with Crippen molar-refractivity contribution in [3.8, 4) is 0 Å². The largest absolute Gasteiger partial charge is 0.348 e. The number of para-hydroxylation sites is 1. The van der Waals surface area contributed by atoms with Crippen LogP contribution in [0.4, 0.5) is 0 Å². The Morgan fingerprint density at radius 1 is 1.24 bits per heavy atom. The van der Waals surface area contributed by atoms with Crippen molar-refractivity contribution in [2.45, 2.75) is 19.5 Å². The zero-order valence-corrected chi connectivity index (χ0v) is 15.9. The molecule has 5 nitrogen and oxygen atoms in total. The van der Waals surface area contributed by atoms with E-state index in [0.717, 1.165) is 10.0 Å². The van der Waals surface area contributed by atoms with Crippen LogP contribution >= 0.6 is 28.1 Å². The topological polar surface area (TPSA) is 66.9 Å². The van der Waals surface area contributed by atoms with Gasteiger partial charge in [0.2, 0.25) is 5.91 Å². The van der Waals surface area contributed by atoms with Gasteiger partial charge in [0, 0.05) is 4.47 Å². The maximum absolute atomic E-state index is 12.6. The van der Waals surface area contributed by atoms with Gasteiger partial charge in [-0.2, -0.15) is 0 Å². The van der Waals surface area contributed by atoms with Crippen molar-refractivity contribution in [1.29, 1.82) is 0 Å². The molecule has 0 fully saturated rings. The molecule has 0 saturated carbocycles. The minimum absolute atomic E-state index is 0.125. The van der Waals surface area contributed by atoms with Crippen LogP contribution < -0.4 is 10.9 Å². The molecular weight excluding hydrogens is 402 g/mol. The van der Waals surface area contributed by atoms with Crippen molar-refractivity contribution in [2.75, 3.05) is 0 Å². The summed E-state index contributed by atoms with van der Waals surface area (Å²) in [5.41, 5.74) is 1.37. The molecule has 25 heavy (non-hydrogen) atoms. The van der Waals surface area contributed by atoms with Gasteiger partial charge in [-0.3, -0.25) is 14.2 Å². The molecule has 0 saturated heterocycles.